The van der Waals surface area contributed by atoms with Crippen LogP contribution in [-0.2, 0) is 17.9 Å². The number of carbonyl (C=O) groups excluding carboxylic acids is 1. The van der Waals surface area contributed by atoms with Crippen molar-refractivity contribution in [2.24, 2.45) is 0 Å². The third kappa shape index (κ3) is 5.23. The first-order valence-corrected chi connectivity index (χ1v) is 9.63. The molecule has 1 amide bonds. The van der Waals surface area contributed by atoms with E-state index >= 15 is 0 Å². The smallest absolute Gasteiger partial charge is 0.263 e. The van der Waals surface area contributed by atoms with E-state index in [1.807, 2.05) is 105 Å². The number of ether oxygens (including phenoxy) is 1. The fourth-order valence-corrected chi connectivity index (χ4v) is 3.15. The second-order valence-electron chi connectivity index (χ2n) is 7.19. The molecule has 3 rings (SSSR count). The highest BCUT2D eigenvalue weighted by Crippen LogP contribution is 2.22. The summed E-state index contributed by atoms with van der Waals surface area (Å²) in [7, 11) is 0. The monoisotopic (exact) mass is 373 g/mol. The third-order valence-corrected chi connectivity index (χ3v) is 4.74. The van der Waals surface area contributed by atoms with E-state index in [0.717, 1.165) is 28.0 Å². The highest BCUT2D eigenvalue weighted by atomic mass is 16.5. The van der Waals surface area contributed by atoms with E-state index in [2.05, 4.69) is 0 Å². The molecule has 3 aromatic rings. The van der Waals surface area contributed by atoms with Gasteiger partial charge in [0.05, 0.1) is 0 Å². The molecule has 0 fully saturated rings. The van der Waals surface area contributed by atoms with Crippen molar-refractivity contribution >= 4 is 5.91 Å². The molecule has 0 radical (unpaired) electrons. The summed E-state index contributed by atoms with van der Waals surface area (Å²) >= 11 is 0. The maximum absolute atomic E-state index is 13.3. The second kappa shape index (κ2) is 9.23. The largest absolute Gasteiger partial charge is 0.481 e. The molecule has 1 atom stereocenters. The van der Waals surface area contributed by atoms with Crippen molar-refractivity contribution in [2.45, 2.75) is 40.0 Å². The van der Waals surface area contributed by atoms with E-state index < -0.39 is 6.10 Å². The molecule has 0 bridgehead atoms. The van der Waals surface area contributed by atoms with Crippen molar-refractivity contribution in [1.29, 1.82) is 0 Å². The Labute approximate surface area is 167 Å². The fraction of sp³-hybridized carbons (Fsp3) is 0.240. The first-order valence-electron chi connectivity index (χ1n) is 9.63. The maximum Gasteiger partial charge on any atom is 0.263 e. The Bertz CT molecular complexity index is 865. The van der Waals surface area contributed by atoms with Crippen LogP contribution in [0.4, 0.5) is 0 Å². The number of rotatable bonds is 7. The molecular weight excluding hydrogens is 346 g/mol. The number of hydrogen-bond donors (Lipinski definition) is 0. The van der Waals surface area contributed by atoms with Crippen LogP contribution in [0.5, 0.6) is 5.75 Å². The van der Waals surface area contributed by atoms with Crippen LogP contribution < -0.4 is 4.74 Å². The number of amides is 1. The van der Waals surface area contributed by atoms with Gasteiger partial charge in [0.2, 0.25) is 0 Å². The first kappa shape index (κ1) is 19.7. The fourth-order valence-electron chi connectivity index (χ4n) is 3.15. The third-order valence-electron chi connectivity index (χ3n) is 4.74. The highest BCUT2D eigenvalue weighted by molar-refractivity contribution is 5.81. The summed E-state index contributed by atoms with van der Waals surface area (Å²) in [4.78, 5) is 15.1. The van der Waals surface area contributed by atoms with Gasteiger partial charge in [0, 0.05) is 13.1 Å². The van der Waals surface area contributed by atoms with Crippen LogP contribution in [0.3, 0.4) is 0 Å². The van der Waals surface area contributed by atoms with E-state index in [4.69, 9.17) is 4.74 Å². The molecule has 0 saturated carbocycles. The molecule has 144 valence electrons. The van der Waals surface area contributed by atoms with Gasteiger partial charge in [-0.25, -0.2) is 0 Å². The molecular formula is C25H27NO2. The molecule has 0 aliphatic heterocycles. The molecule has 0 aliphatic carbocycles. The summed E-state index contributed by atoms with van der Waals surface area (Å²) in [5.74, 6) is 0.744. The van der Waals surface area contributed by atoms with Crippen molar-refractivity contribution < 1.29 is 9.53 Å². The summed E-state index contributed by atoms with van der Waals surface area (Å²) in [6.07, 6.45) is -0.562. The van der Waals surface area contributed by atoms with E-state index in [0.29, 0.717) is 13.1 Å². The van der Waals surface area contributed by atoms with Gasteiger partial charge in [-0.2, -0.15) is 0 Å². The minimum Gasteiger partial charge on any atom is -0.481 e. The van der Waals surface area contributed by atoms with Crippen LogP contribution in [0.25, 0.3) is 0 Å². The number of carbonyl (C=O) groups is 1. The van der Waals surface area contributed by atoms with Gasteiger partial charge in [-0.1, -0.05) is 72.8 Å². The number of benzene rings is 3. The lowest BCUT2D eigenvalue weighted by atomic mass is 10.1. The van der Waals surface area contributed by atoms with Crippen molar-refractivity contribution in [2.75, 3.05) is 0 Å². The maximum atomic E-state index is 13.3. The highest BCUT2D eigenvalue weighted by Gasteiger charge is 2.23. The zero-order valence-electron chi connectivity index (χ0n) is 16.8. The van der Waals surface area contributed by atoms with Crippen LogP contribution in [-0.4, -0.2) is 16.9 Å². The van der Waals surface area contributed by atoms with Crippen molar-refractivity contribution in [3.8, 4) is 5.75 Å². The van der Waals surface area contributed by atoms with Crippen molar-refractivity contribution in [3.05, 3.63) is 101 Å². The van der Waals surface area contributed by atoms with Gasteiger partial charge in [-0.05, 0) is 49.1 Å². The van der Waals surface area contributed by atoms with E-state index in [1.54, 1.807) is 0 Å². The van der Waals surface area contributed by atoms with Crippen LogP contribution in [0.1, 0.15) is 29.2 Å². The normalized spacial score (nSPS) is 11.7. The number of aryl methyl sites for hydroxylation is 2. The molecule has 0 saturated heterocycles. The minimum absolute atomic E-state index is 0.0198. The summed E-state index contributed by atoms with van der Waals surface area (Å²) in [5, 5.41) is 0. The molecule has 3 nitrogen and oxygen atoms in total. The molecule has 3 heteroatoms. The van der Waals surface area contributed by atoms with Crippen molar-refractivity contribution in [3.63, 3.8) is 0 Å². The lowest BCUT2D eigenvalue weighted by Gasteiger charge is -2.27. The average molecular weight is 373 g/mol. The predicted molar refractivity (Wildman–Crippen MR) is 113 cm³/mol. The quantitative estimate of drug-likeness (QED) is 0.562. The standard InChI is InChI=1S/C25H27NO2/c1-19-14-15-20(2)24(16-19)28-21(3)25(27)26(17-22-10-6-4-7-11-22)18-23-12-8-5-9-13-23/h4-16,21H,17-18H2,1-3H3/t21-/m1/s1. The van der Waals surface area contributed by atoms with E-state index in [9.17, 15) is 4.79 Å². The summed E-state index contributed by atoms with van der Waals surface area (Å²) in [6.45, 7) is 6.95. The van der Waals surface area contributed by atoms with E-state index in [1.165, 1.54) is 0 Å². The van der Waals surface area contributed by atoms with Gasteiger partial charge in [0.25, 0.3) is 5.91 Å². The predicted octanol–water partition coefficient (Wildman–Crippen LogP) is 5.30. The van der Waals surface area contributed by atoms with E-state index in [-0.39, 0.29) is 5.91 Å². The molecule has 0 aliphatic rings. The van der Waals surface area contributed by atoms with Gasteiger partial charge in [0.1, 0.15) is 5.75 Å². The summed E-state index contributed by atoms with van der Waals surface area (Å²) in [6, 6.07) is 26.2. The lowest BCUT2D eigenvalue weighted by molar-refractivity contribution is -0.139. The Balaban J connectivity index is 1.79. The summed E-state index contributed by atoms with van der Waals surface area (Å²) < 4.78 is 6.05. The van der Waals surface area contributed by atoms with Gasteiger partial charge in [0.15, 0.2) is 6.10 Å². The van der Waals surface area contributed by atoms with Gasteiger partial charge >= 0.3 is 0 Å². The molecule has 3 aromatic carbocycles. The topological polar surface area (TPSA) is 29.5 Å². The number of hydrogen-bond acceptors (Lipinski definition) is 2. The lowest BCUT2D eigenvalue weighted by Crippen LogP contribution is -2.39. The van der Waals surface area contributed by atoms with Gasteiger partial charge in [-0.15, -0.1) is 0 Å². The SMILES string of the molecule is Cc1ccc(C)c(O[C@H](C)C(=O)N(Cc2ccccc2)Cc2ccccc2)c1. The first-order chi connectivity index (χ1) is 13.5. The molecule has 28 heavy (non-hydrogen) atoms. The second-order valence-corrected chi connectivity index (χ2v) is 7.19. The average Bonchev–Trinajstić information content (AvgIpc) is 2.71. The molecule has 0 spiro atoms. The molecule has 0 heterocycles. The Morgan fingerprint density at radius 1 is 0.857 bits per heavy atom. The Kier molecular flexibility index (Phi) is 6.49. The van der Waals surface area contributed by atoms with Gasteiger partial charge < -0.3 is 9.64 Å². The van der Waals surface area contributed by atoms with Crippen molar-refractivity contribution in [1.82, 2.24) is 4.90 Å². The van der Waals surface area contributed by atoms with Crippen LogP contribution in [0.2, 0.25) is 0 Å². The van der Waals surface area contributed by atoms with Gasteiger partial charge in [-0.3, -0.25) is 4.79 Å². The Hall–Kier alpha value is -3.07. The van der Waals surface area contributed by atoms with Crippen LogP contribution >= 0.6 is 0 Å². The van der Waals surface area contributed by atoms with Crippen LogP contribution in [0, 0.1) is 13.8 Å². The Morgan fingerprint density at radius 2 is 1.39 bits per heavy atom. The summed E-state index contributed by atoms with van der Waals surface area (Å²) in [5.41, 5.74) is 4.35. The molecule has 0 unspecified atom stereocenters. The minimum atomic E-state index is -0.562. The number of nitrogens with zero attached hydrogens (tertiary/aromatic N) is 1. The molecule has 0 aromatic heterocycles. The molecule has 0 N–H and O–H groups in total. The van der Waals surface area contributed by atoms with Crippen LogP contribution in [0.15, 0.2) is 78.9 Å². The zero-order chi connectivity index (χ0) is 19.9. The Morgan fingerprint density at radius 3 is 1.93 bits per heavy atom. The zero-order valence-corrected chi connectivity index (χ0v) is 16.8.